The highest BCUT2D eigenvalue weighted by Gasteiger charge is 2.48. The van der Waals surface area contributed by atoms with Crippen LogP contribution in [0.2, 0.25) is 0 Å². The van der Waals surface area contributed by atoms with Gasteiger partial charge in [0.2, 0.25) is 0 Å². The number of methoxy groups -OCH3 is 1. The van der Waals surface area contributed by atoms with Crippen LogP contribution < -0.4 is 4.74 Å². The van der Waals surface area contributed by atoms with E-state index < -0.39 is 24.0 Å². The number of benzene rings is 1. The van der Waals surface area contributed by atoms with Crippen molar-refractivity contribution in [3.05, 3.63) is 52.0 Å². The van der Waals surface area contributed by atoms with Crippen LogP contribution in [-0.4, -0.2) is 59.0 Å². The molecule has 1 saturated heterocycles. The van der Waals surface area contributed by atoms with Crippen LogP contribution in [0.15, 0.2) is 29.6 Å². The van der Waals surface area contributed by atoms with Crippen molar-refractivity contribution in [3.8, 4) is 27.4 Å². The number of hydrogen-bond acceptors (Lipinski definition) is 7. The third-order valence-electron chi connectivity index (χ3n) is 8.69. The average molecular weight is 607 g/mol. The second-order valence-electron chi connectivity index (χ2n) is 13.0. The van der Waals surface area contributed by atoms with Crippen molar-refractivity contribution in [1.29, 1.82) is 0 Å². The van der Waals surface area contributed by atoms with E-state index in [1.54, 1.807) is 39.2 Å². The van der Waals surface area contributed by atoms with Crippen LogP contribution in [-0.2, 0) is 38.4 Å². The second-order valence-corrected chi connectivity index (χ2v) is 13.9. The molecule has 2 atom stereocenters. The van der Waals surface area contributed by atoms with E-state index >= 15 is 0 Å². The molecule has 3 aliphatic rings. The SMILES string of the molecule is CCOC(=O)[C@@H]1OC(C)(C)O[C@@H]1c1cc2c(cc1OC)CCn1c3c(c(-c4cccs4)c1-2)CCCCN(C(C)(C)C)C3=O. The molecule has 1 amide bonds. The number of nitrogens with zero attached hydrogens (tertiary/aromatic N) is 2. The topological polar surface area (TPSA) is 79.2 Å². The lowest BCUT2D eigenvalue weighted by molar-refractivity contribution is -0.170. The summed E-state index contributed by atoms with van der Waals surface area (Å²) in [5.41, 5.74) is 6.73. The minimum Gasteiger partial charge on any atom is -0.496 e. The summed E-state index contributed by atoms with van der Waals surface area (Å²) in [5.74, 6) is -0.703. The van der Waals surface area contributed by atoms with Gasteiger partial charge < -0.3 is 28.4 Å². The van der Waals surface area contributed by atoms with Gasteiger partial charge in [-0.05, 0) is 102 Å². The van der Waals surface area contributed by atoms with Crippen molar-refractivity contribution in [1.82, 2.24) is 9.47 Å². The number of carbonyl (C=O) groups excluding carboxylic acids is 2. The molecule has 3 aliphatic heterocycles. The number of hydrogen-bond donors (Lipinski definition) is 0. The fraction of sp³-hybridized carbons (Fsp3) is 0.529. The molecule has 0 bridgehead atoms. The quantitative estimate of drug-likeness (QED) is 0.298. The summed E-state index contributed by atoms with van der Waals surface area (Å²) in [7, 11) is 1.64. The number of ether oxygens (including phenoxy) is 4. The van der Waals surface area contributed by atoms with Crippen LogP contribution >= 0.6 is 11.3 Å². The molecule has 230 valence electrons. The highest BCUT2D eigenvalue weighted by molar-refractivity contribution is 7.13. The van der Waals surface area contributed by atoms with E-state index in [1.807, 2.05) is 4.90 Å². The standard InChI is InChI=1S/C34H42N2O6S/c1-8-40-32(38)30-29(41-34(5,6)42-30)23-19-22-20(18-24(23)39-7)14-16-35-27(22)26(25-13-11-17-43-25)21-12-9-10-15-36(33(2,3)4)31(37)28(21)35/h11,13,17-19,29-30H,8-10,12,14-16H2,1-7H3/t29-,30-/m1/s1. The lowest BCUT2D eigenvalue weighted by Crippen LogP contribution is -2.47. The van der Waals surface area contributed by atoms with Crippen molar-refractivity contribution in [2.45, 2.75) is 97.3 Å². The molecule has 1 aromatic carbocycles. The maximum Gasteiger partial charge on any atom is 0.338 e. The van der Waals surface area contributed by atoms with Crippen LogP contribution in [0.1, 0.15) is 87.7 Å². The highest BCUT2D eigenvalue weighted by Crippen LogP contribution is 2.50. The first-order valence-electron chi connectivity index (χ1n) is 15.3. The Balaban J connectivity index is 1.59. The van der Waals surface area contributed by atoms with Gasteiger partial charge in [-0.2, -0.15) is 0 Å². The Morgan fingerprint density at radius 2 is 1.91 bits per heavy atom. The number of esters is 1. The Kier molecular flexibility index (Phi) is 7.72. The van der Waals surface area contributed by atoms with Gasteiger partial charge in [-0.25, -0.2) is 4.79 Å². The number of carbonyl (C=O) groups is 2. The maximum atomic E-state index is 14.4. The highest BCUT2D eigenvalue weighted by atomic mass is 32.1. The number of rotatable bonds is 5. The molecule has 43 heavy (non-hydrogen) atoms. The van der Waals surface area contributed by atoms with E-state index in [0.29, 0.717) is 12.3 Å². The van der Waals surface area contributed by atoms with Crippen molar-refractivity contribution in [3.63, 3.8) is 0 Å². The molecule has 1 fully saturated rings. The summed E-state index contributed by atoms with van der Waals surface area (Å²) in [5, 5.41) is 2.09. The first-order chi connectivity index (χ1) is 20.4. The summed E-state index contributed by atoms with van der Waals surface area (Å²) in [4.78, 5) is 30.7. The molecule has 8 nitrogen and oxygen atoms in total. The molecule has 9 heteroatoms. The minimum absolute atomic E-state index is 0.0973. The lowest BCUT2D eigenvalue weighted by Gasteiger charge is -2.37. The Morgan fingerprint density at radius 3 is 2.58 bits per heavy atom. The number of amides is 1. The van der Waals surface area contributed by atoms with Crippen LogP contribution in [0.3, 0.4) is 0 Å². The number of fused-ring (bicyclic) bond motifs is 5. The summed E-state index contributed by atoms with van der Waals surface area (Å²) in [6, 6.07) is 8.38. The molecule has 5 heterocycles. The first kappa shape index (κ1) is 29.9. The average Bonchev–Trinajstić information content (AvgIpc) is 3.65. The zero-order valence-corrected chi connectivity index (χ0v) is 27.1. The van der Waals surface area contributed by atoms with E-state index in [0.717, 1.165) is 76.3 Å². The summed E-state index contributed by atoms with van der Waals surface area (Å²) in [6.07, 6.45) is 1.93. The summed E-state index contributed by atoms with van der Waals surface area (Å²) in [6.45, 7) is 13.4. The predicted octanol–water partition coefficient (Wildman–Crippen LogP) is 6.78. The molecule has 0 N–H and O–H groups in total. The Morgan fingerprint density at radius 1 is 1.12 bits per heavy atom. The van der Waals surface area contributed by atoms with E-state index in [1.165, 1.54) is 0 Å². The Hall–Kier alpha value is -3.14. The van der Waals surface area contributed by atoms with Crippen molar-refractivity contribution in [2.24, 2.45) is 0 Å². The van der Waals surface area contributed by atoms with Gasteiger partial charge in [0, 0.05) is 40.2 Å². The molecule has 0 saturated carbocycles. The van der Waals surface area contributed by atoms with Gasteiger partial charge >= 0.3 is 5.97 Å². The van der Waals surface area contributed by atoms with Crippen LogP contribution in [0.5, 0.6) is 5.75 Å². The van der Waals surface area contributed by atoms with Gasteiger partial charge in [-0.15, -0.1) is 11.3 Å². The Bertz CT molecular complexity index is 1550. The van der Waals surface area contributed by atoms with Crippen molar-refractivity contribution < 1.29 is 28.5 Å². The smallest absolute Gasteiger partial charge is 0.338 e. The number of thiophene rings is 1. The van der Waals surface area contributed by atoms with E-state index in [4.69, 9.17) is 18.9 Å². The van der Waals surface area contributed by atoms with E-state index in [2.05, 4.69) is 55.0 Å². The van der Waals surface area contributed by atoms with Crippen LogP contribution in [0.4, 0.5) is 0 Å². The van der Waals surface area contributed by atoms with Gasteiger partial charge in [-0.3, -0.25) is 4.79 Å². The zero-order valence-electron chi connectivity index (χ0n) is 26.2. The Labute approximate surface area is 257 Å². The van der Waals surface area contributed by atoms with Gasteiger partial charge in [0.25, 0.3) is 5.91 Å². The largest absolute Gasteiger partial charge is 0.496 e. The van der Waals surface area contributed by atoms with Crippen molar-refractivity contribution in [2.75, 3.05) is 20.3 Å². The monoisotopic (exact) mass is 606 g/mol. The predicted molar refractivity (Wildman–Crippen MR) is 167 cm³/mol. The zero-order chi connectivity index (χ0) is 30.7. The second kappa shape index (κ2) is 11.1. The molecule has 6 rings (SSSR count). The van der Waals surface area contributed by atoms with Crippen LogP contribution in [0.25, 0.3) is 21.7 Å². The summed E-state index contributed by atoms with van der Waals surface area (Å²) >= 11 is 1.70. The third kappa shape index (κ3) is 5.19. The number of aromatic nitrogens is 1. The molecular formula is C34H42N2O6S. The normalized spacial score (nSPS) is 21.5. The molecule has 3 aromatic rings. The fourth-order valence-corrected chi connectivity index (χ4v) is 7.67. The first-order valence-corrected chi connectivity index (χ1v) is 16.2. The molecule has 0 radical (unpaired) electrons. The third-order valence-corrected chi connectivity index (χ3v) is 9.57. The van der Waals surface area contributed by atoms with Gasteiger partial charge in [0.05, 0.1) is 19.4 Å². The van der Waals surface area contributed by atoms with Gasteiger partial charge in [0.15, 0.2) is 11.9 Å². The summed E-state index contributed by atoms with van der Waals surface area (Å²) < 4.78 is 26.0. The molecule has 0 spiro atoms. The van der Waals surface area contributed by atoms with Gasteiger partial charge in [0.1, 0.15) is 17.5 Å². The van der Waals surface area contributed by atoms with Gasteiger partial charge in [-0.1, -0.05) is 6.07 Å². The molecule has 2 aromatic heterocycles. The molecular weight excluding hydrogens is 564 g/mol. The minimum atomic E-state index is -0.982. The van der Waals surface area contributed by atoms with Crippen LogP contribution in [0, 0.1) is 0 Å². The van der Waals surface area contributed by atoms with E-state index in [-0.39, 0.29) is 18.1 Å². The maximum absolute atomic E-state index is 14.4. The van der Waals surface area contributed by atoms with Crippen molar-refractivity contribution >= 4 is 23.2 Å². The molecule has 0 unspecified atom stereocenters. The number of aryl methyl sites for hydroxylation is 1. The fourth-order valence-electron chi connectivity index (χ4n) is 6.87. The molecule has 0 aliphatic carbocycles. The lowest BCUT2D eigenvalue weighted by atomic mass is 9.89. The van der Waals surface area contributed by atoms with E-state index in [9.17, 15) is 9.59 Å².